The Morgan fingerprint density at radius 2 is 2.13 bits per heavy atom. The molecule has 1 N–H and O–H groups in total. The molecular formula is C17H27ClN2O3. The van der Waals surface area contributed by atoms with E-state index in [4.69, 9.17) is 9.47 Å². The minimum absolute atomic E-state index is 0. The predicted molar refractivity (Wildman–Crippen MR) is 93.1 cm³/mol. The van der Waals surface area contributed by atoms with E-state index in [0.717, 1.165) is 25.9 Å². The fraction of sp³-hybridized carbons (Fsp3) is 0.588. The van der Waals surface area contributed by atoms with Crippen LogP contribution in [0, 0.1) is 0 Å². The first kappa shape index (κ1) is 19.9. The zero-order valence-corrected chi connectivity index (χ0v) is 14.5. The summed E-state index contributed by atoms with van der Waals surface area (Å²) in [5.41, 5.74) is 1.30. The molecule has 1 heterocycles. The lowest BCUT2D eigenvalue weighted by Gasteiger charge is -2.29. The molecule has 1 aromatic carbocycles. The van der Waals surface area contributed by atoms with Crippen LogP contribution in [0.3, 0.4) is 0 Å². The van der Waals surface area contributed by atoms with Gasteiger partial charge in [-0.15, -0.1) is 12.4 Å². The van der Waals surface area contributed by atoms with Crippen LogP contribution in [0.1, 0.15) is 12.0 Å². The van der Waals surface area contributed by atoms with Gasteiger partial charge in [0.05, 0.1) is 13.2 Å². The monoisotopic (exact) mass is 342 g/mol. The Kier molecular flexibility index (Phi) is 9.87. The zero-order valence-electron chi connectivity index (χ0n) is 13.7. The number of morpholine rings is 1. The van der Waals surface area contributed by atoms with Crippen molar-refractivity contribution in [3.8, 4) is 0 Å². The fourth-order valence-electron chi connectivity index (χ4n) is 2.58. The summed E-state index contributed by atoms with van der Waals surface area (Å²) in [7, 11) is 1.66. The molecule has 0 saturated carbocycles. The number of amides is 1. The molecule has 0 aliphatic carbocycles. The number of carbonyl (C=O) groups excluding carboxylic acids is 1. The van der Waals surface area contributed by atoms with Crippen molar-refractivity contribution in [1.29, 1.82) is 0 Å². The third-order valence-corrected chi connectivity index (χ3v) is 3.82. The third kappa shape index (κ3) is 6.87. The van der Waals surface area contributed by atoms with Crippen LogP contribution in [0.15, 0.2) is 30.3 Å². The van der Waals surface area contributed by atoms with Crippen molar-refractivity contribution < 1.29 is 14.3 Å². The van der Waals surface area contributed by atoms with Gasteiger partial charge in [0.1, 0.15) is 6.10 Å². The molecule has 0 bridgehead atoms. The third-order valence-electron chi connectivity index (χ3n) is 3.82. The second kappa shape index (κ2) is 11.4. The van der Waals surface area contributed by atoms with E-state index < -0.39 is 0 Å². The molecule has 1 unspecified atom stereocenters. The molecule has 1 fully saturated rings. The predicted octanol–water partition coefficient (Wildman–Crippen LogP) is 1.50. The first-order valence-corrected chi connectivity index (χ1v) is 7.95. The van der Waals surface area contributed by atoms with Crippen LogP contribution in [0.2, 0.25) is 0 Å². The van der Waals surface area contributed by atoms with Gasteiger partial charge in [-0.05, 0) is 18.4 Å². The summed E-state index contributed by atoms with van der Waals surface area (Å²) in [6, 6.07) is 10.4. The lowest BCUT2D eigenvalue weighted by atomic mass is 10.1. The van der Waals surface area contributed by atoms with Crippen LogP contribution < -0.4 is 5.32 Å². The van der Waals surface area contributed by atoms with Crippen molar-refractivity contribution in [3.05, 3.63) is 35.9 Å². The summed E-state index contributed by atoms with van der Waals surface area (Å²) in [5.74, 6) is 0.0670. The van der Waals surface area contributed by atoms with E-state index in [1.165, 1.54) is 5.56 Å². The summed E-state index contributed by atoms with van der Waals surface area (Å²) in [6.07, 6.45) is 1.56. The zero-order chi connectivity index (χ0) is 15.6. The highest BCUT2D eigenvalue weighted by Gasteiger charge is 2.26. The summed E-state index contributed by atoms with van der Waals surface area (Å²) in [6.45, 7) is 3.91. The van der Waals surface area contributed by atoms with Gasteiger partial charge >= 0.3 is 0 Å². The molecule has 1 aliphatic heterocycles. The minimum Gasteiger partial charge on any atom is -0.383 e. The Labute approximate surface area is 144 Å². The molecule has 1 aliphatic rings. The molecule has 23 heavy (non-hydrogen) atoms. The summed E-state index contributed by atoms with van der Waals surface area (Å²) in [5, 5.41) is 3.20. The summed E-state index contributed by atoms with van der Waals surface area (Å²) in [4.78, 5) is 14.4. The maximum absolute atomic E-state index is 12.6. The number of methoxy groups -OCH3 is 1. The average Bonchev–Trinajstić information content (AvgIpc) is 2.59. The number of nitrogens with one attached hydrogen (secondary N) is 1. The topological polar surface area (TPSA) is 50.8 Å². The smallest absolute Gasteiger partial charge is 0.253 e. The Hall–Kier alpha value is -1.14. The van der Waals surface area contributed by atoms with Crippen molar-refractivity contribution in [2.75, 3.05) is 46.5 Å². The van der Waals surface area contributed by atoms with E-state index in [-0.39, 0.29) is 24.4 Å². The standard InChI is InChI=1S/C17H26N2O3.ClH/c1-21-13-11-19(17(20)16-14-18-9-12-22-16)10-5-8-15-6-3-2-4-7-15;/h2-4,6-7,16,18H,5,8-14H2,1H3;1H. The van der Waals surface area contributed by atoms with Gasteiger partial charge in [-0.25, -0.2) is 0 Å². The molecule has 2 rings (SSSR count). The lowest BCUT2D eigenvalue weighted by Crippen LogP contribution is -2.50. The molecular weight excluding hydrogens is 316 g/mol. The molecule has 5 nitrogen and oxygen atoms in total. The number of hydrogen-bond donors (Lipinski definition) is 1. The molecule has 0 radical (unpaired) electrons. The van der Waals surface area contributed by atoms with Gasteiger partial charge in [0.15, 0.2) is 0 Å². The van der Waals surface area contributed by atoms with Crippen molar-refractivity contribution in [2.45, 2.75) is 18.9 Å². The van der Waals surface area contributed by atoms with Gasteiger partial charge < -0.3 is 19.7 Å². The van der Waals surface area contributed by atoms with E-state index in [9.17, 15) is 4.79 Å². The van der Waals surface area contributed by atoms with Crippen LogP contribution >= 0.6 is 12.4 Å². The lowest BCUT2D eigenvalue weighted by molar-refractivity contribution is -0.145. The highest BCUT2D eigenvalue weighted by Crippen LogP contribution is 2.07. The molecule has 0 aromatic heterocycles. The van der Waals surface area contributed by atoms with E-state index in [1.807, 2.05) is 23.1 Å². The number of nitrogens with zero attached hydrogens (tertiary/aromatic N) is 1. The first-order chi connectivity index (χ1) is 10.8. The van der Waals surface area contributed by atoms with Gasteiger partial charge in [0, 0.05) is 33.3 Å². The molecule has 1 aromatic rings. The Morgan fingerprint density at radius 3 is 2.78 bits per heavy atom. The summed E-state index contributed by atoms with van der Waals surface area (Å²) < 4.78 is 10.7. The van der Waals surface area contributed by atoms with Crippen LogP contribution in [0.5, 0.6) is 0 Å². The van der Waals surface area contributed by atoms with Crippen LogP contribution in [-0.2, 0) is 20.7 Å². The molecule has 1 amide bonds. The minimum atomic E-state index is -0.359. The number of rotatable bonds is 8. The number of aryl methyl sites for hydroxylation is 1. The van der Waals surface area contributed by atoms with Gasteiger partial charge in [-0.3, -0.25) is 4.79 Å². The van der Waals surface area contributed by atoms with Gasteiger partial charge in [-0.1, -0.05) is 30.3 Å². The number of ether oxygens (including phenoxy) is 2. The maximum Gasteiger partial charge on any atom is 0.253 e. The molecule has 1 saturated heterocycles. The first-order valence-electron chi connectivity index (χ1n) is 7.95. The van der Waals surface area contributed by atoms with Gasteiger partial charge in [-0.2, -0.15) is 0 Å². The van der Waals surface area contributed by atoms with Gasteiger partial charge in [0.2, 0.25) is 0 Å². The van der Waals surface area contributed by atoms with Crippen molar-refractivity contribution in [1.82, 2.24) is 10.2 Å². The highest BCUT2D eigenvalue weighted by atomic mass is 35.5. The Morgan fingerprint density at radius 1 is 1.35 bits per heavy atom. The van der Waals surface area contributed by atoms with Crippen molar-refractivity contribution in [2.24, 2.45) is 0 Å². The molecule has 130 valence electrons. The van der Waals surface area contributed by atoms with E-state index in [0.29, 0.717) is 26.3 Å². The molecule has 0 spiro atoms. The van der Waals surface area contributed by atoms with Crippen molar-refractivity contribution in [3.63, 3.8) is 0 Å². The number of halogens is 1. The van der Waals surface area contributed by atoms with Crippen molar-refractivity contribution >= 4 is 18.3 Å². The van der Waals surface area contributed by atoms with E-state index >= 15 is 0 Å². The van der Waals surface area contributed by atoms with Gasteiger partial charge in [0.25, 0.3) is 5.91 Å². The number of hydrogen-bond acceptors (Lipinski definition) is 4. The maximum atomic E-state index is 12.6. The fourth-order valence-corrected chi connectivity index (χ4v) is 2.58. The highest BCUT2D eigenvalue weighted by molar-refractivity contribution is 5.85. The van der Waals surface area contributed by atoms with Crippen LogP contribution in [0.25, 0.3) is 0 Å². The Balaban J connectivity index is 0.00000264. The van der Waals surface area contributed by atoms with Crippen LogP contribution in [0.4, 0.5) is 0 Å². The number of benzene rings is 1. The van der Waals surface area contributed by atoms with E-state index in [2.05, 4.69) is 17.4 Å². The SMILES string of the molecule is COCCN(CCCc1ccccc1)C(=O)C1CNCCO1.Cl. The molecule has 1 atom stereocenters. The second-order valence-electron chi connectivity index (χ2n) is 5.47. The second-order valence-corrected chi connectivity index (χ2v) is 5.47. The summed E-state index contributed by atoms with van der Waals surface area (Å²) >= 11 is 0. The quantitative estimate of drug-likeness (QED) is 0.778. The number of carbonyl (C=O) groups is 1. The normalized spacial score (nSPS) is 17.3. The van der Waals surface area contributed by atoms with E-state index in [1.54, 1.807) is 7.11 Å². The average molecular weight is 343 g/mol. The Bertz CT molecular complexity index is 439. The van der Waals surface area contributed by atoms with Crippen LogP contribution in [-0.4, -0.2) is 63.4 Å². The molecule has 6 heteroatoms. The largest absolute Gasteiger partial charge is 0.383 e.